The molecule has 7 heteroatoms. The van der Waals surface area contributed by atoms with Gasteiger partial charge < -0.3 is 14.8 Å². The number of carboxylic acid groups (broad SMARTS) is 1. The summed E-state index contributed by atoms with van der Waals surface area (Å²) in [4.78, 5) is 37.3. The van der Waals surface area contributed by atoms with E-state index in [-0.39, 0.29) is 17.5 Å². The summed E-state index contributed by atoms with van der Waals surface area (Å²) in [5, 5.41) is 12.3. The molecule has 7 nitrogen and oxygen atoms in total. The van der Waals surface area contributed by atoms with E-state index in [1.807, 2.05) is 0 Å². The minimum absolute atomic E-state index is 0.149. The van der Waals surface area contributed by atoms with Gasteiger partial charge in [0.1, 0.15) is 11.8 Å². The van der Waals surface area contributed by atoms with Crippen LogP contribution in [0.4, 0.5) is 5.69 Å². The van der Waals surface area contributed by atoms with Gasteiger partial charge in [-0.25, -0.2) is 4.79 Å². The second kappa shape index (κ2) is 6.19. The summed E-state index contributed by atoms with van der Waals surface area (Å²) in [6.45, 7) is 1.97. The first-order valence-electron chi connectivity index (χ1n) is 7.54. The maximum atomic E-state index is 12.7. The Labute approximate surface area is 137 Å². The van der Waals surface area contributed by atoms with Gasteiger partial charge in [0.2, 0.25) is 0 Å². The Morgan fingerprint density at radius 2 is 2.04 bits per heavy atom. The smallest absolute Gasteiger partial charge is 0.326 e. The molecule has 0 bridgehead atoms. The summed E-state index contributed by atoms with van der Waals surface area (Å²) in [6, 6.07) is 7.23. The zero-order valence-electron chi connectivity index (χ0n) is 13.0. The van der Waals surface area contributed by atoms with Crippen molar-refractivity contribution in [3.8, 4) is 0 Å². The van der Waals surface area contributed by atoms with Gasteiger partial charge >= 0.3 is 5.97 Å². The van der Waals surface area contributed by atoms with Crippen LogP contribution in [0.2, 0.25) is 0 Å². The minimum atomic E-state index is -1.20. The highest BCUT2D eigenvalue weighted by atomic mass is 16.4. The molecular formula is C17H16N2O5. The molecule has 0 fully saturated rings. The molecule has 0 spiro atoms. The number of aliphatic carboxylic acids is 1. The number of hydrogen-bond donors (Lipinski definition) is 2. The largest absolute Gasteiger partial charge is 0.480 e. The molecule has 0 aliphatic carbocycles. The van der Waals surface area contributed by atoms with Gasteiger partial charge in [0, 0.05) is 5.69 Å². The Hall–Kier alpha value is -3.09. The SMILES string of the molecule is CCC(C(=O)O)N1C(=O)c2cccc(NCc3ccco3)c2C1=O. The molecule has 3 rings (SSSR count). The zero-order valence-corrected chi connectivity index (χ0v) is 13.0. The number of fused-ring (bicyclic) bond motifs is 1. The topological polar surface area (TPSA) is 99.8 Å². The molecule has 1 aromatic heterocycles. The van der Waals surface area contributed by atoms with Gasteiger partial charge in [-0.15, -0.1) is 0 Å². The summed E-state index contributed by atoms with van der Waals surface area (Å²) in [5.74, 6) is -1.69. The third kappa shape index (κ3) is 2.54. The molecule has 0 saturated heterocycles. The van der Waals surface area contributed by atoms with Gasteiger partial charge in [-0.3, -0.25) is 14.5 Å². The number of nitrogens with zero attached hydrogens (tertiary/aromatic N) is 1. The maximum absolute atomic E-state index is 12.7. The Morgan fingerprint density at radius 1 is 1.25 bits per heavy atom. The molecule has 2 aromatic rings. The van der Waals surface area contributed by atoms with Crippen LogP contribution in [-0.2, 0) is 11.3 Å². The lowest BCUT2D eigenvalue weighted by Crippen LogP contribution is -2.44. The Morgan fingerprint density at radius 3 is 2.67 bits per heavy atom. The van der Waals surface area contributed by atoms with Crippen LogP contribution >= 0.6 is 0 Å². The summed E-state index contributed by atoms with van der Waals surface area (Å²) >= 11 is 0. The Bertz CT molecular complexity index is 797. The summed E-state index contributed by atoms with van der Waals surface area (Å²) in [5.41, 5.74) is 0.892. The normalized spacial score (nSPS) is 14.6. The minimum Gasteiger partial charge on any atom is -0.480 e. The van der Waals surface area contributed by atoms with Gasteiger partial charge in [0.15, 0.2) is 0 Å². The number of carbonyl (C=O) groups excluding carboxylic acids is 2. The fourth-order valence-corrected chi connectivity index (χ4v) is 2.80. The molecule has 1 unspecified atom stereocenters. The molecule has 1 aromatic carbocycles. The van der Waals surface area contributed by atoms with Crippen molar-refractivity contribution < 1.29 is 23.9 Å². The molecule has 0 radical (unpaired) electrons. The van der Waals surface area contributed by atoms with Crippen molar-refractivity contribution in [2.24, 2.45) is 0 Å². The maximum Gasteiger partial charge on any atom is 0.326 e. The van der Waals surface area contributed by atoms with Gasteiger partial charge in [-0.05, 0) is 30.7 Å². The van der Waals surface area contributed by atoms with Crippen molar-refractivity contribution in [3.63, 3.8) is 0 Å². The van der Waals surface area contributed by atoms with Crippen LogP contribution in [0.25, 0.3) is 0 Å². The average Bonchev–Trinajstić information content (AvgIpc) is 3.16. The number of carbonyl (C=O) groups is 3. The molecule has 2 N–H and O–H groups in total. The second-order valence-electron chi connectivity index (χ2n) is 5.40. The quantitative estimate of drug-likeness (QED) is 0.790. The molecule has 2 heterocycles. The number of benzene rings is 1. The lowest BCUT2D eigenvalue weighted by molar-refractivity contribution is -0.141. The first-order chi connectivity index (χ1) is 11.5. The van der Waals surface area contributed by atoms with Crippen LogP contribution < -0.4 is 5.32 Å². The Balaban J connectivity index is 1.93. The van der Waals surface area contributed by atoms with Crippen molar-refractivity contribution in [3.05, 3.63) is 53.5 Å². The standard InChI is InChI=1S/C17H16N2O5/c1-2-13(17(22)23)19-15(20)11-6-3-7-12(14(11)16(19)21)18-9-10-5-4-8-24-10/h3-8,13,18H,2,9H2,1H3,(H,22,23). The van der Waals surface area contributed by atoms with Crippen LogP contribution in [0.5, 0.6) is 0 Å². The number of rotatable bonds is 6. The molecule has 1 aliphatic heterocycles. The highest BCUT2D eigenvalue weighted by Gasteiger charge is 2.43. The fourth-order valence-electron chi connectivity index (χ4n) is 2.80. The van der Waals surface area contributed by atoms with Gasteiger partial charge in [-0.2, -0.15) is 0 Å². The van der Waals surface area contributed by atoms with Crippen LogP contribution in [0.15, 0.2) is 41.0 Å². The molecule has 124 valence electrons. The van der Waals surface area contributed by atoms with E-state index in [4.69, 9.17) is 4.42 Å². The van der Waals surface area contributed by atoms with Gasteiger partial charge in [0.05, 0.1) is 23.9 Å². The average molecular weight is 328 g/mol. The van der Waals surface area contributed by atoms with E-state index >= 15 is 0 Å². The summed E-state index contributed by atoms with van der Waals surface area (Å²) < 4.78 is 5.23. The molecule has 1 atom stereocenters. The van der Waals surface area contributed by atoms with Crippen molar-refractivity contribution in [1.29, 1.82) is 0 Å². The lowest BCUT2D eigenvalue weighted by Gasteiger charge is -2.21. The van der Waals surface area contributed by atoms with E-state index in [1.165, 1.54) is 6.07 Å². The third-order valence-electron chi connectivity index (χ3n) is 3.96. The highest BCUT2D eigenvalue weighted by molar-refractivity contribution is 6.24. The monoisotopic (exact) mass is 328 g/mol. The van der Waals surface area contributed by atoms with E-state index in [9.17, 15) is 19.5 Å². The van der Waals surface area contributed by atoms with E-state index in [2.05, 4.69) is 5.32 Å². The predicted molar refractivity (Wildman–Crippen MR) is 84.7 cm³/mol. The first-order valence-corrected chi connectivity index (χ1v) is 7.54. The molecule has 24 heavy (non-hydrogen) atoms. The van der Waals surface area contributed by atoms with Gasteiger partial charge in [0.25, 0.3) is 11.8 Å². The van der Waals surface area contributed by atoms with E-state index in [0.717, 1.165) is 4.90 Å². The van der Waals surface area contributed by atoms with Crippen molar-refractivity contribution in [1.82, 2.24) is 4.90 Å². The number of carboxylic acids is 1. The van der Waals surface area contributed by atoms with Crippen molar-refractivity contribution in [2.45, 2.75) is 25.9 Å². The summed E-state index contributed by atoms with van der Waals surface area (Å²) in [6.07, 6.45) is 1.69. The number of hydrogen-bond acceptors (Lipinski definition) is 5. The Kier molecular flexibility index (Phi) is 4.07. The highest BCUT2D eigenvalue weighted by Crippen LogP contribution is 2.31. The summed E-state index contributed by atoms with van der Waals surface area (Å²) in [7, 11) is 0. The number of amides is 2. The molecule has 2 amide bonds. The molecule has 0 saturated carbocycles. The van der Waals surface area contributed by atoms with E-state index in [1.54, 1.807) is 37.5 Å². The van der Waals surface area contributed by atoms with Crippen molar-refractivity contribution >= 4 is 23.5 Å². The van der Waals surface area contributed by atoms with E-state index < -0.39 is 23.8 Å². The van der Waals surface area contributed by atoms with Crippen LogP contribution in [0.3, 0.4) is 0 Å². The second-order valence-corrected chi connectivity index (χ2v) is 5.40. The lowest BCUT2D eigenvalue weighted by atomic mass is 10.1. The zero-order chi connectivity index (χ0) is 17.3. The number of anilines is 1. The first kappa shape index (κ1) is 15.8. The number of imide groups is 1. The van der Waals surface area contributed by atoms with Gasteiger partial charge in [-0.1, -0.05) is 13.0 Å². The van der Waals surface area contributed by atoms with Crippen molar-refractivity contribution in [2.75, 3.05) is 5.32 Å². The molecular weight excluding hydrogens is 312 g/mol. The predicted octanol–water partition coefficient (Wildman–Crippen LogP) is 2.35. The molecule has 1 aliphatic rings. The van der Waals surface area contributed by atoms with Crippen LogP contribution in [-0.4, -0.2) is 33.8 Å². The fraction of sp³-hybridized carbons (Fsp3) is 0.235. The van der Waals surface area contributed by atoms with Crippen LogP contribution in [0.1, 0.15) is 39.8 Å². The number of furan rings is 1. The van der Waals surface area contributed by atoms with Crippen LogP contribution in [0, 0.1) is 0 Å². The number of nitrogens with one attached hydrogen (secondary N) is 1. The third-order valence-corrected chi connectivity index (χ3v) is 3.96. The van der Waals surface area contributed by atoms with E-state index in [0.29, 0.717) is 18.0 Å².